The standard InChI is InChI=1S/C28H31BrIN3O4S/c1-4-20(2)31-28(35)21(3)32(18-22-9-8-10-23(29)17-22)27(34)19-33(25-15-13-24(30)14-16-25)38(36,37)26-11-6-5-7-12-26/h5-17,20-21H,4,18-19H2,1-3H3,(H,31,35)/t20-,21+/m0/s1. The molecule has 2 amide bonds. The quantitative estimate of drug-likeness (QED) is 0.263. The Bertz CT molecular complexity index is 1350. The van der Waals surface area contributed by atoms with Gasteiger partial charge in [0.05, 0.1) is 10.6 Å². The number of carbonyl (C=O) groups is 2. The summed E-state index contributed by atoms with van der Waals surface area (Å²) >= 11 is 5.60. The molecule has 2 atom stereocenters. The van der Waals surface area contributed by atoms with E-state index in [9.17, 15) is 18.0 Å². The summed E-state index contributed by atoms with van der Waals surface area (Å²) in [6, 6.07) is 21.5. The first-order chi connectivity index (χ1) is 18.0. The molecule has 0 radical (unpaired) electrons. The molecule has 202 valence electrons. The van der Waals surface area contributed by atoms with E-state index < -0.39 is 28.5 Å². The van der Waals surface area contributed by atoms with Gasteiger partial charge in [0.1, 0.15) is 12.6 Å². The van der Waals surface area contributed by atoms with Crippen LogP contribution in [0.5, 0.6) is 0 Å². The zero-order chi connectivity index (χ0) is 27.9. The third-order valence-corrected chi connectivity index (χ3v) is 9.14. The van der Waals surface area contributed by atoms with Gasteiger partial charge in [0, 0.05) is 20.6 Å². The third-order valence-electron chi connectivity index (χ3n) is 6.13. The van der Waals surface area contributed by atoms with E-state index in [1.165, 1.54) is 17.0 Å². The van der Waals surface area contributed by atoms with Crippen LogP contribution in [0.3, 0.4) is 0 Å². The van der Waals surface area contributed by atoms with Gasteiger partial charge in [-0.15, -0.1) is 0 Å². The van der Waals surface area contributed by atoms with Gasteiger partial charge in [0.15, 0.2) is 0 Å². The van der Waals surface area contributed by atoms with E-state index in [1.54, 1.807) is 49.4 Å². The fourth-order valence-corrected chi connectivity index (χ4v) is 5.98. The van der Waals surface area contributed by atoms with Crippen LogP contribution in [0.1, 0.15) is 32.8 Å². The van der Waals surface area contributed by atoms with Gasteiger partial charge in [-0.2, -0.15) is 0 Å². The molecule has 0 unspecified atom stereocenters. The summed E-state index contributed by atoms with van der Waals surface area (Å²) in [5.74, 6) is -0.788. The lowest BCUT2D eigenvalue weighted by Crippen LogP contribution is -2.52. The van der Waals surface area contributed by atoms with Crippen molar-refractivity contribution in [2.24, 2.45) is 0 Å². The van der Waals surface area contributed by atoms with E-state index in [0.717, 1.165) is 24.3 Å². The molecule has 7 nitrogen and oxygen atoms in total. The number of nitrogens with one attached hydrogen (secondary N) is 1. The second-order valence-electron chi connectivity index (χ2n) is 8.95. The van der Waals surface area contributed by atoms with Crippen LogP contribution in [0.15, 0.2) is 88.2 Å². The number of rotatable bonds is 11. The van der Waals surface area contributed by atoms with Crippen molar-refractivity contribution in [1.29, 1.82) is 0 Å². The van der Waals surface area contributed by atoms with Crippen molar-refractivity contribution in [3.8, 4) is 0 Å². The molecule has 0 fully saturated rings. The first-order valence-corrected chi connectivity index (χ1v) is 15.5. The van der Waals surface area contributed by atoms with Crippen molar-refractivity contribution in [3.05, 3.63) is 92.5 Å². The average Bonchev–Trinajstić information content (AvgIpc) is 2.90. The molecule has 0 aliphatic heterocycles. The van der Waals surface area contributed by atoms with E-state index in [1.807, 2.05) is 38.1 Å². The minimum atomic E-state index is -4.07. The van der Waals surface area contributed by atoms with E-state index in [4.69, 9.17) is 0 Å². The molecule has 0 aromatic heterocycles. The molecule has 38 heavy (non-hydrogen) atoms. The van der Waals surface area contributed by atoms with Crippen LogP contribution >= 0.6 is 38.5 Å². The molecule has 1 N–H and O–H groups in total. The van der Waals surface area contributed by atoms with Gasteiger partial charge in [-0.05, 0) is 97.0 Å². The predicted molar refractivity (Wildman–Crippen MR) is 162 cm³/mol. The lowest BCUT2D eigenvalue weighted by molar-refractivity contribution is -0.139. The lowest BCUT2D eigenvalue weighted by Gasteiger charge is -2.32. The smallest absolute Gasteiger partial charge is 0.264 e. The van der Waals surface area contributed by atoms with Crippen molar-refractivity contribution in [3.63, 3.8) is 0 Å². The Labute approximate surface area is 246 Å². The fraction of sp³-hybridized carbons (Fsp3) is 0.286. The monoisotopic (exact) mass is 711 g/mol. The molecular formula is C28H31BrIN3O4S. The van der Waals surface area contributed by atoms with Crippen LogP contribution in [-0.4, -0.2) is 43.8 Å². The summed E-state index contributed by atoms with van der Waals surface area (Å²) < 4.78 is 30.3. The first-order valence-electron chi connectivity index (χ1n) is 12.2. The molecular weight excluding hydrogens is 681 g/mol. The van der Waals surface area contributed by atoms with Gasteiger partial charge in [0.2, 0.25) is 11.8 Å². The number of nitrogens with zero attached hydrogens (tertiary/aromatic N) is 2. The average molecular weight is 712 g/mol. The number of hydrogen-bond donors (Lipinski definition) is 1. The number of halogens is 2. The topological polar surface area (TPSA) is 86.8 Å². The molecule has 0 bridgehead atoms. The second-order valence-corrected chi connectivity index (χ2v) is 13.0. The Morgan fingerprint density at radius 1 is 0.974 bits per heavy atom. The molecule has 10 heteroatoms. The summed E-state index contributed by atoms with van der Waals surface area (Å²) in [4.78, 5) is 28.5. The fourth-order valence-electron chi connectivity index (χ4n) is 3.74. The number of benzene rings is 3. The molecule has 0 aliphatic carbocycles. The van der Waals surface area contributed by atoms with Gasteiger partial charge in [-0.1, -0.05) is 53.2 Å². The maximum Gasteiger partial charge on any atom is 0.264 e. The highest BCUT2D eigenvalue weighted by Gasteiger charge is 2.32. The highest BCUT2D eigenvalue weighted by molar-refractivity contribution is 14.1. The minimum Gasteiger partial charge on any atom is -0.352 e. The molecule has 0 saturated carbocycles. The maximum atomic E-state index is 13.9. The first kappa shape index (κ1) is 30.1. The van der Waals surface area contributed by atoms with Gasteiger partial charge >= 0.3 is 0 Å². The summed E-state index contributed by atoms with van der Waals surface area (Å²) in [5, 5.41) is 2.93. The van der Waals surface area contributed by atoms with Crippen molar-refractivity contribution in [2.75, 3.05) is 10.8 Å². The summed E-state index contributed by atoms with van der Waals surface area (Å²) in [7, 11) is -4.07. The molecule has 3 rings (SSSR count). The zero-order valence-electron chi connectivity index (χ0n) is 21.5. The molecule has 0 saturated heterocycles. The Balaban J connectivity index is 2.01. The molecule has 0 aliphatic rings. The minimum absolute atomic E-state index is 0.0606. The molecule has 0 heterocycles. The van der Waals surface area contributed by atoms with E-state index in [-0.39, 0.29) is 23.4 Å². The number of hydrogen-bond acceptors (Lipinski definition) is 4. The molecule has 0 spiro atoms. The summed E-state index contributed by atoms with van der Waals surface area (Å²) in [6.45, 7) is 5.20. The lowest BCUT2D eigenvalue weighted by atomic mass is 10.1. The highest BCUT2D eigenvalue weighted by atomic mass is 127. The van der Waals surface area contributed by atoms with Gasteiger partial charge in [-0.3, -0.25) is 13.9 Å². The predicted octanol–water partition coefficient (Wildman–Crippen LogP) is 5.58. The molecule has 3 aromatic rings. The van der Waals surface area contributed by atoms with E-state index in [2.05, 4.69) is 43.8 Å². The third kappa shape index (κ3) is 7.79. The maximum absolute atomic E-state index is 13.9. The van der Waals surface area contributed by atoms with Gasteiger partial charge in [0.25, 0.3) is 10.0 Å². The SMILES string of the molecule is CC[C@H](C)NC(=O)[C@@H](C)N(Cc1cccc(Br)c1)C(=O)CN(c1ccc(I)cc1)S(=O)(=O)c1ccccc1. The Morgan fingerprint density at radius 2 is 1.63 bits per heavy atom. The van der Waals surface area contributed by atoms with E-state index >= 15 is 0 Å². The van der Waals surface area contributed by atoms with Crippen LogP contribution in [-0.2, 0) is 26.2 Å². The highest BCUT2D eigenvalue weighted by Crippen LogP contribution is 2.25. The largest absolute Gasteiger partial charge is 0.352 e. The van der Waals surface area contributed by atoms with Crippen LogP contribution < -0.4 is 9.62 Å². The van der Waals surface area contributed by atoms with E-state index in [0.29, 0.717) is 5.69 Å². The molecule has 3 aromatic carbocycles. The summed E-state index contributed by atoms with van der Waals surface area (Å²) in [5.41, 5.74) is 1.17. The van der Waals surface area contributed by atoms with Crippen molar-refractivity contribution in [1.82, 2.24) is 10.2 Å². The normalized spacial score (nSPS) is 12.9. The Hall–Kier alpha value is -2.44. The zero-order valence-corrected chi connectivity index (χ0v) is 26.0. The van der Waals surface area contributed by atoms with Crippen molar-refractivity contribution < 1.29 is 18.0 Å². The van der Waals surface area contributed by atoms with Crippen molar-refractivity contribution >= 4 is 66.0 Å². The van der Waals surface area contributed by atoms with Crippen LogP contribution in [0, 0.1) is 3.57 Å². The number of anilines is 1. The van der Waals surface area contributed by atoms with Crippen molar-refractivity contribution in [2.45, 2.75) is 50.7 Å². The number of sulfonamides is 1. The van der Waals surface area contributed by atoms with Crippen LogP contribution in [0.4, 0.5) is 5.69 Å². The van der Waals surface area contributed by atoms with Crippen LogP contribution in [0.2, 0.25) is 0 Å². The Morgan fingerprint density at radius 3 is 2.24 bits per heavy atom. The van der Waals surface area contributed by atoms with Gasteiger partial charge in [-0.25, -0.2) is 8.42 Å². The number of amides is 2. The Kier molecular flexibility index (Phi) is 10.8. The number of carbonyl (C=O) groups excluding carboxylic acids is 2. The van der Waals surface area contributed by atoms with Gasteiger partial charge < -0.3 is 10.2 Å². The second kappa shape index (κ2) is 13.6. The van der Waals surface area contributed by atoms with Crippen LogP contribution in [0.25, 0.3) is 0 Å². The summed E-state index contributed by atoms with van der Waals surface area (Å²) in [6.07, 6.45) is 0.744.